The lowest BCUT2D eigenvalue weighted by molar-refractivity contribution is -0.193. The van der Waals surface area contributed by atoms with Crippen LogP contribution in [-0.4, -0.2) is 75.6 Å². The van der Waals surface area contributed by atoms with Gasteiger partial charge in [0.15, 0.2) is 0 Å². The van der Waals surface area contributed by atoms with Crippen molar-refractivity contribution in [3.8, 4) is 0 Å². The van der Waals surface area contributed by atoms with Gasteiger partial charge in [0.05, 0.1) is 12.8 Å². The van der Waals surface area contributed by atoms with Crippen molar-refractivity contribution in [1.82, 2.24) is 14.9 Å². The number of anilines is 1. The summed E-state index contributed by atoms with van der Waals surface area (Å²) < 4.78 is 68.9. The molecular formula is C22H26F6N4O5. The molecule has 0 unspecified atom stereocenters. The summed E-state index contributed by atoms with van der Waals surface area (Å²) in [6.45, 7) is 5.49. The van der Waals surface area contributed by atoms with Crippen LogP contribution in [0.3, 0.4) is 0 Å². The molecule has 0 aromatic carbocycles. The second kappa shape index (κ2) is 12.7. The predicted molar refractivity (Wildman–Crippen MR) is 117 cm³/mol. The maximum atomic E-state index is 10.6. The Hall–Kier alpha value is -3.36. The number of carbonyl (C=O) groups is 2. The highest BCUT2D eigenvalue weighted by molar-refractivity contribution is 5.73. The zero-order valence-electron chi connectivity index (χ0n) is 19.5. The zero-order valence-corrected chi connectivity index (χ0v) is 19.5. The number of nitrogens with zero attached hydrogens (tertiary/aromatic N) is 4. The summed E-state index contributed by atoms with van der Waals surface area (Å²) in [5.74, 6) is -3.55. The quantitative estimate of drug-likeness (QED) is 0.552. The Labute approximate surface area is 207 Å². The fourth-order valence-corrected chi connectivity index (χ4v) is 3.94. The van der Waals surface area contributed by atoms with Gasteiger partial charge in [-0.25, -0.2) is 19.6 Å². The van der Waals surface area contributed by atoms with Gasteiger partial charge in [0.1, 0.15) is 5.76 Å². The Balaban J connectivity index is 0.000000286. The van der Waals surface area contributed by atoms with Crippen LogP contribution in [0.1, 0.15) is 31.4 Å². The first-order valence-corrected chi connectivity index (χ1v) is 11.1. The molecule has 37 heavy (non-hydrogen) atoms. The molecule has 0 aliphatic carbocycles. The van der Waals surface area contributed by atoms with E-state index in [1.807, 2.05) is 24.5 Å². The van der Waals surface area contributed by atoms with Gasteiger partial charge >= 0.3 is 24.3 Å². The van der Waals surface area contributed by atoms with Crippen LogP contribution in [0.4, 0.5) is 32.3 Å². The highest BCUT2D eigenvalue weighted by atomic mass is 19.4. The van der Waals surface area contributed by atoms with Crippen LogP contribution in [0.5, 0.6) is 0 Å². The lowest BCUT2D eigenvalue weighted by Crippen LogP contribution is -2.47. The van der Waals surface area contributed by atoms with Gasteiger partial charge in [0.2, 0.25) is 5.95 Å². The minimum absolute atomic E-state index is 0.533. The maximum absolute atomic E-state index is 10.6. The number of likely N-dealkylation sites (tertiary alicyclic amines) is 1. The normalized spacial score (nSPS) is 17.7. The molecule has 0 amide bonds. The van der Waals surface area contributed by atoms with E-state index in [0.29, 0.717) is 5.41 Å². The molecule has 15 heteroatoms. The number of aliphatic carboxylic acids is 2. The molecule has 4 heterocycles. The van der Waals surface area contributed by atoms with Crippen molar-refractivity contribution in [3.05, 3.63) is 42.6 Å². The lowest BCUT2D eigenvalue weighted by atomic mass is 9.71. The van der Waals surface area contributed by atoms with Gasteiger partial charge < -0.3 is 19.5 Å². The third-order valence-electron chi connectivity index (χ3n) is 6.02. The average molecular weight is 540 g/mol. The van der Waals surface area contributed by atoms with E-state index < -0.39 is 24.3 Å². The number of piperidine rings is 2. The molecule has 2 aromatic heterocycles. The topological polar surface area (TPSA) is 120 Å². The molecule has 2 aromatic rings. The fraction of sp³-hybridized carbons (Fsp3) is 0.545. The number of aromatic nitrogens is 2. The van der Waals surface area contributed by atoms with Gasteiger partial charge in [0.25, 0.3) is 0 Å². The molecular weight excluding hydrogens is 514 g/mol. The SMILES string of the molecule is O=C(O)C(F)(F)F.O=C(O)C(F)(F)F.c1cnc(N2CCC3(CCN(Cc4ccco4)CC3)CC2)nc1. The molecule has 4 rings (SSSR count). The van der Waals surface area contributed by atoms with Gasteiger partial charge in [-0.1, -0.05) is 0 Å². The van der Waals surface area contributed by atoms with E-state index in [0.717, 1.165) is 31.3 Å². The Morgan fingerprint density at radius 1 is 0.865 bits per heavy atom. The van der Waals surface area contributed by atoms with Crippen molar-refractivity contribution in [2.75, 3.05) is 31.1 Å². The summed E-state index contributed by atoms with van der Waals surface area (Å²) >= 11 is 0. The number of carboxylic acid groups (broad SMARTS) is 2. The Morgan fingerprint density at radius 3 is 1.73 bits per heavy atom. The van der Waals surface area contributed by atoms with Crippen LogP contribution in [0.25, 0.3) is 0 Å². The summed E-state index contributed by atoms with van der Waals surface area (Å²) in [5.41, 5.74) is 0.533. The lowest BCUT2D eigenvalue weighted by Gasteiger charge is -2.46. The molecule has 2 saturated heterocycles. The van der Waals surface area contributed by atoms with Crippen LogP contribution >= 0.6 is 0 Å². The smallest absolute Gasteiger partial charge is 0.475 e. The standard InChI is InChI=1S/C18H24N4O.2C2HF3O2/c1-3-16(23-14-1)15-21-10-4-18(5-11-21)6-12-22(13-7-18)17-19-8-2-9-20-17;2*3-2(4,5)1(6)7/h1-3,8-9,14H,4-7,10-13,15H2;2*(H,6,7). The van der Waals surface area contributed by atoms with E-state index in [-0.39, 0.29) is 0 Å². The second-order valence-electron chi connectivity index (χ2n) is 8.50. The summed E-state index contributed by atoms with van der Waals surface area (Å²) in [7, 11) is 0. The van der Waals surface area contributed by atoms with E-state index in [4.69, 9.17) is 24.2 Å². The second-order valence-corrected chi connectivity index (χ2v) is 8.50. The molecule has 2 N–H and O–H groups in total. The molecule has 0 atom stereocenters. The first-order chi connectivity index (χ1) is 17.2. The summed E-state index contributed by atoms with van der Waals surface area (Å²) in [5, 5.41) is 14.2. The van der Waals surface area contributed by atoms with Crippen LogP contribution < -0.4 is 4.90 Å². The number of hydrogen-bond donors (Lipinski definition) is 2. The highest BCUT2D eigenvalue weighted by Crippen LogP contribution is 2.41. The molecule has 2 aliphatic rings. The minimum Gasteiger partial charge on any atom is -0.475 e. The van der Waals surface area contributed by atoms with Crippen molar-refractivity contribution >= 4 is 17.9 Å². The Kier molecular flexibility index (Phi) is 10.3. The van der Waals surface area contributed by atoms with Gasteiger partial charge in [-0.15, -0.1) is 0 Å². The minimum atomic E-state index is -5.08. The first kappa shape index (κ1) is 29.9. The molecule has 206 valence electrons. The Bertz CT molecular complexity index is 944. The zero-order chi connectivity index (χ0) is 27.7. The van der Waals surface area contributed by atoms with Crippen LogP contribution in [0, 0.1) is 5.41 Å². The van der Waals surface area contributed by atoms with Crippen molar-refractivity contribution < 1.29 is 50.6 Å². The Morgan fingerprint density at radius 2 is 1.32 bits per heavy atom. The number of carboxylic acids is 2. The number of rotatable bonds is 3. The maximum Gasteiger partial charge on any atom is 0.490 e. The van der Waals surface area contributed by atoms with Crippen molar-refractivity contribution in [2.24, 2.45) is 5.41 Å². The summed E-state index contributed by atoms with van der Waals surface area (Å²) in [6.07, 6.45) is 0.399. The van der Waals surface area contributed by atoms with Gasteiger partial charge in [-0.05, 0) is 62.4 Å². The monoisotopic (exact) mass is 540 g/mol. The molecule has 2 fully saturated rings. The number of furan rings is 1. The number of alkyl halides is 6. The molecule has 2 aliphatic heterocycles. The molecule has 1 spiro atoms. The van der Waals surface area contributed by atoms with Crippen LogP contribution in [0.2, 0.25) is 0 Å². The van der Waals surface area contributed by atoms with Crippen LogP contribution in [0.15, 0.2) is 41.3 Å². The third kappa shape index (κ3) is 9.90. The fourth-order valence-electron chi connectivity index (χ4n) is 3.94. The molecule has 9 nitrogen and oxygen atoms in total. The van der Waals surface area contributed by atoms with E-state index in [2.05, 4.69) is 25.8 Å². The summed E-state index contributed by atoms with van der Waals surface area (Å²) in [4.78, 5) is 31.4. The predicted octanol–water partition coefficient (Wildman–Crippen LogP) is 4.22. The van der Waals surface area contributed by atoms with Crippen molar-refractivity contribution in [2.45, 2.75) is 44.6 Å². The number of halogens is 6. The molecule has 0 bridgehead atoms. The highest BCUT2D eigenvalue weighted by Gasteiger charge is 2.39. The average Bonchev–Trinajstić information content (AvgIpc) is 3.35. The van der Waals surface area contributed by atoms with Crippen molar-refractivity contribution in [1.29, 1.82) is 0 Å². The van der Waals surface area contributed by atoms with Crippen molar-refractivity contribution in [3.63, 3.8) is 0 Å². The molecule has 0 radical (unpaired) electrons. The van der Waals surface area contributed by atoms with E-state index in [1.165, 1.54) is 38.8 Å². The first-order valence-electron chi connectivity index (χ1n) is 11.1. The van der Waals surface area contributed by atoms with E-state index in [9.17, 15) is 26.3 Å². The van der Waals surface area contributed by atoms with Crippen LogP contribution in [-0.2, 0) is 16.1 Å². The third-order valence-corrected chi connectivity index (χ3v) is 6.02. The van der Waals surface area contributed by atoms with Gasteiger partial charge in [-0.3, -0.25) is 4.90 Å². The molecule has 0 saturated carbocycles. The largest absolute Gasteiger partial charge is 0.490 e. The number of hydrogen-bond acceptors (Lipinski definition) is 7. The van der Waals surface area contributed by atoms with Gasteiger partial charge in [-0.2, -0.15) is 26.3 Å². The summed E-state index contributed by atoms with van der Waals surface area (Å²) in [6, 6.07) is 5.93. The van der Waals surface area contributed by atoms with E-state index in [1.54, 1.807) is 6.26 Å². The van der Waals surface area contributed by atoms with E-state index >= 15 is 0 Å². The van der Waals surface area contributed by atoms with Gasteiger partial charge in [0, 0.05) is 25.5 Å².